The number of benzene rings is 2. The highest BCUT2D eigenvalue weighted by molar-refractivity contribution is 6.06. The molecule has 0 aliphatic heterocycles. The first-order valence-electron chi connectivity index (χ1n) is 8.55. The number of hydrogen-bond donors (Lipinski definition) is 2. The number of methoxy groups -OCH3 is 2. The maximum absolute atomic E-state index is 12.6. The molecule has 0 unspecified atom stereocenters. The van der Waals surface area contributed by atoms with Gasteiger partial charge >= 0.3 is 0 Å². The second-order valence-corrected chi connectivity index (χ2v) is 5.62. The van der Waals surface area contributed by atoms with E-state index >= 15 is 0 Å². The van der Waals surface area contributed by atoms with Crippen molar-refractivity contribution in [3.63, 3.8) is 0 Å². The first-order chi connectivity index (χ1) is 13.2. The molecule has 0 aliphatic carbocycles. The highest BCUT2D eigenvalue weighted by Gasteiger charge is 2.13. The molecule has 0 atom stereocenters. The normalized spacial score (nSPS) is 10.3. The average Bonchev–Trinajstić information content (AvgIpc) is 2.69. The smallest absolute Gasteiger partial charge is 0.259 e. The lowest BCUT2D eigenvalue weighted by molar-refractivity contribution is 0.0936. The Hall–Kier alpha value is -2.90. The van der Waals surface area contributed by atoms with Crippen LogP contribution in [0.25, 0.3) is 0 Å². The fourth-order valence-corrected chi connectivity index (χ4v) is 2.32. The molecule has 0 fully saturated rings. The highest BCUT2D eigenvalue weighted by atomic mass is 16.5. The zero-order valence-corrected chi connectivity index (χ0v) is 15.5. The number of amides is 2. The van der Waals surface area contributed by atoms with Crippen LogP contribution in [0.5, 0.6) is 5.75 Å². The number of anilines is 1. The first kappa shape index (κ1) is 20.4. The third-order valence-corrected chi connectivity index (χ3v) is 3.65. The minimum atomic E-state index is -0.319. The topological polar surface area (TPSA) is 85.9 Å². The molecule has 0 saturated carbocycles. The molecule has 2 rings (SSSR count). The molecule has 0 radical (unpaired) electrons. The summed E-state index contributed by atoms with van der Waals surface area (Å²) in [5.41, 5.74) is 1.38. The predicted molar refractivity (Wildman–Crippen MR) is 102 cm³/mol. The summed E-state index contributed by atoms with van der Waals surface area (Å²) in [7, 11) is 3.15. The fraction of sp³-hybridized carbons (Fsp3) is 0.300. The van der Waals surface area contributed by atoms with Crippen LogP contribution >= 0.6 is 0 Å². The van der Waals surface area contributed by atoms with Crippen molar-refractivity contribution in [3.05, 3.63) is 59.7 Å². The largest absolute Gasteiger partial charge is 0.490 e. The molecule has 7 heteroatoms. The van der Waals surface area contributed by atoms with E-state index in [0.29, 0.717) is 48.9 Å². The highest BCUT2D eigenvalue weighted by Crippen LogP contribution is 2.20. The predicted octanol–water partition coefficient (Wildman–Crippen LogP) is 2.34. The Kier molecular flexibility index (Phi) is 8.28. The van der Waals surface area contributed by atoms with E-state index in [-0.39, 0.29) is 11.8 Å². The molecule has 0 saturated heterocycles. The lowest BCUT2D eigenvalue weighted by atomic mass is 10.1. The molecule has 0 aromatic heterocycles. The molecule has 2 amide bonds. The van der Waals surface area contributed by atoms with Gasteiger partial charge in [0.1, 0.15) is 12.4 Å². The van der Waals surface area contributed by atoms with Crippen LogP contribution in [0.2, 0.25) is 0 Å². The van der Waals surface area contributed by atoms with E-state index in [2.05, 4.69) is 10.6 Å². The molecule has 0 heterocycles. The second kappa shape index (κ2) is 10.9. The number of rotatable bonds is 10. The quantitative estimate of drug-likeness (QED) is 0.625. The van der Waals surface area contributed by atoms with E-state index in [1.807, 2.05) is 0 Å². The van der Waals surface area contributed by atoms with Crippen molar-refractivity contribution in [2.24, 2.45) is 0 Å². The monoisotopic (exact) mass is 372 g/mol. The lowest BCUT2D eigenvalue weighted by Crippen LogP contribution is -2.27. The molecule has 0 aliphatic rings. The van der Waals surface area contributed by atoms with Gasteiger partial charge in [0.05, 0.1) is 18.8 Å². The number of para-hydroxylation sites is 1. The number of ether oxygens (including phenoxy) is 3. The van der Waals surface area contributed by atoms with E-state index < -0.39 is 0 Å². The Balaban J connectivity index is 2.06. The Labute approximate surface area is 158 Å². The maximum Gasteiger partial charge on any atom is 0.259 e. The Bertz CT molecular complexity index is 764. The van der Waals surface area contributed by atoms with Crippen molar-refractivity contribution < 1.29 is 23.8 Å². The van der Waals surface area contributed by atoms with Crippen molar-refractivity contribution in [1.82, 2.24) is 5.32 Å². The average molecular weight is 372 g/mol. The van der Waals surface area contributed by atoms with Crippen LogP contribution in [0.15, 0.2) is 48.5 Å². The maximum atomic E-state index is 12.6. The number of nitrogens with one attached hydrogen (secondary N) is 2. The summed E-state index contributed by atoms with van der Waals surface area (Å²) in [5.74, 6) is -0.0769. The number of hydrogen-bond acceptors (Lipinski definition) is 5. The third-order valence-electron chi connectivity index (χ3n) is 3.65. The SMILES string of the molecule is COCCNC(=O)c1cccc(NC(=O)c2ccccc2OCCOC)c1. The standard InChI is InChI=1S/C20H24N2O5/c1-25-11-10-21-19(23)15-6-5-7-16(14-15)22-20(24)17-8-3-4-9-18(17)27-13-12-26-2/h3-9,14H,10-13H2,1-2H3,(H,21,23)(H,22,24). The van der Waals surface area contributed by atoms with E-state index in [4.69, 9.17) is 14.2 Å². The van der Waals surface area contributed by atoms with Gasteiger partial charge in [0, 0.05) is 32.0 Å². The summed E-state index contributed by atoms with van der Waals surface area (Å²) in [5, 5.41) is 5.54. The zero-order chi connectivity index (χ0) is 19.5. The molecular formula is C20H24N2O5. The molecule has 2 aromatic carbocycles. The molecule has 2 N–H and O–H groups in total. The van der Waals surface area contributed by atoms with Gasteiger partial charge in [-0.05, 0) is 30.3 Å². The van der Waals surface area contributed by atoms with Gasteiger partial charge in [0.15, 0.2) is 0 Å². The summed E-state index contributed by atoms with van der Waals surface area (Å²) in [6.45, 7) is 1.62. The van der Waals surface area contributed by atoms with Crippen LogP contribution in [0.4, 0.5) is 5.69 Å². The van der Waals surface area contributed by atoms with Crippen LogP contribution < -0.4 is 15.4 Å². The molecule has 144 valence electrons. The lowest BCUT2D eigenvalue weighted by Gasteiger charge is -2.12. The molecular weight excluding hydrogens is 348 g/mol. The van der Waals surface area contributed by atoms with Crippen LogP contribution in [0.1, 0.15) is 20.7 Å². The summed E-state index contributed by atoms with van der Waals surface area (Å²) in [4.78, 5) is 24.7. The number of carbonyl (C=O) groups excluding carboxylic acids is 2. The van der Waals surface area contributed by atoms with Gasteiger partial charge in [-0.25, -0.2) is 0 Å². The van der Waals surface area contributed by atoms with E-state index in [0.717, 1.165) is 0 Å². The van der Waals surface area contributed by atoms with Crippen LogP contribution in [-0.2, 0) is 9.47 Å². The van der Waals surface area contributed by atoms with Gasteiger partial charge in [0.25, 0.3) is 11.8 Å². The van der Waals surface area contributed by atoms with Gasteiger partial charge in [-0.1, -0.05) is 18.2 Å². The first-order valence-corrected chi connectivity index (χ1v) is 8.55. The van der Waals surface area contributed by atoms with Gasteiger partial charge in [-0.2, -0.15) is 0 Å². The molecule has 7 nitrogen and oxygen atoms in total. The van der Waals surface area contributed by atoms with E-state index in [1.54, 1.807) is 62.8 Å². The van der Waals surface area contributed by atoms with Gasteiger partial charge in [-0.15, -0.1) is 0 Å². The molecule has 2 aromatic rings. The Morgan fingerprint density at radius 1 is 0.889 bits per heavy atom. The minimum Gasteiger partial charge on any atom is -0.490 e. The molecule has 0 spiro atoms. The Morgan fingerprint density at radius 2 is 1.67 bits per heavy atom. The third kappa shape index (κ3) is 6.40. The molecule has 27 heavy (non-hydrogen) atoms. The van der Waals surface area contributed by atoms with E-state index in [9.17, 15) is 9.59 Å². The van der Waals surface area contributed by atoms with Crippen molar-refractivity contribution in [2.45, 2.75) is 0 Å². The second-order valence-electron chi connectivity index (χ2n) is 5.62. The minimum absolute atomic E-state index is 0.230. The van der Waals surface area contributed by atoms with Crippen molar-refractivity contribution in [2.75, 3.05) is 45.9 Å². The van der Waals surface area contributed by atoms with Crippen LogP contribution in [0, 0.1) is 0 Å². The van der Waals surface area contributed by atoms with Gasteiger partial charge < -0.3 is 24.8 Å². The van der Waals surface area contributed by atoms with E-state index in [1.165, 1.54) is 0 Å². The number of carbonyl (C=O) groups is 2. The summed E-state index contributed by atoms with van der Waals surface area (Å²) in [6, 6.07) is 13.7. The molecule has 0 bridgehead atoms. The summed E-state index contributed by atoms with van der Waals surface area (Å²) >= 11 is 0. The van der Waals surface area contributed by atoms with Crippen LogP contribution in [0.3, 0.4) is 0 Å². The summed E-state index contributed by atoms with van der Waals surface area (Å²) < 4.78 is 15.5. The van der Waals surface area contributed by atoms with Crippen molar-refractivity contribution in [1.29, 1.82) is 0 Å². The van der Waals surface area contributed by atoms with Crippen LogP contribution in [-0.4, -0.2) is 52.4 Å². The van der Waals surface area contributed by atoms with Crippen molar-refractivity contribution in [3.8, 4) is 5.75 Å². The zero-order valence-electron chi connectivity index (χ0n) is 15.5. The Morgan fingerprint density at radius 3 is 2.44 bits per heavy atom. The van der Waals surface area contributed by atoms with Gasteiger partial charge in [-0.3, -0.25) is 9.59 Å². The summed E-state index contributed by atoms with van der Waals surface area (Å²) in [6.07, 6.45) is 0. The van der Waals surface area contributed by atoms with Crippen molar-refractivity contribution >= 4 is 17.5 Å². The fourth-order valence-electron chi connectivity index (χ4n) is 2.32. The van der Waals surface area contributed by atoms with Gasteiger partial charge in [0.2, 0.25) is 0 Å².